The molecule has 0 N–H and O–H groups in total. The van der Waals surface area contributed by atoms with Crippen LogP contribution in [0.5, 0.6) is 11.5 Å². The number of nitrogens with zero attached hydrogens (tertiary/aromatic N) is 8. The molecule has 2 saturated heterocycles. The van der Waals surface area contributed by atoms with Gasteiger partial charge in [0.1, 0.15) is 23.7 Å². The zero-order valence-electron chi connectivity index (χ0n) is 33.3. The molecule has 0 bridgehead atoms. The Hall–Kier alpha value is -5.92. The molecule has 0 amide bonds. The van der Waals surface area contributed by atoms with E-state index in [1.165, 1.54) is 45.5 Å². The lowest BCUT2D eigenvalue weighted by molar-refractivity contribution is 0.170. The molecule has 0 radical (unpaired) electrons. The molecule has 0 saturated carbocycles. The predicted molar refractivity (Wildman–Crippen MR) is 234 cm³/mol. The highest BCUT2D eigenvalue weighted by atomic mass is 79.9. The topological polar surface area (TPSA) is 189 Å². The number of ether oxygens (including phenoxy) is 2. The molecule has 0 unspecified atom stereocenters. The van der Waals surface area contributed by atoms with Crippen molar-refractivity contribution < 1.29 is 26.3 Å². The normalized spacial score (nSPS) is 15.1. The molecule has 6 aromatic rings. The van der Waals surface area contributed by atoms with Crippen molar-refractivity contribution in [2.45, 2.75) is 47.7 Å². The van der Waals surface area contributed by atoms with E-state index in [4.69, 9.17) is 9.47 Å². The maximum absolute atomic E-state index is 12.6. The van der Waals surface area contributed by atoms with Gasteiger partial charge in [0.2, 0.25) is 11.9 Å². The zero-order valence-corrected chi connectivity index (χ0v) is 36.5. The van der Waals surface area contributed by atoms with Crippen LogP contribution < -0.4 is 30.4 Å². The van der Waals surface area contributed by atoms with Crippen LogP contribution in [0.2, 0.25) is 0 Å². The van der Waals surface area contributed by atoms with Crippen LogP contribution in [-0.4, -0.2) is 96.8 Å². The van der Waals surface area contributed by atoms with Crippen LogP contribution in [0, 0.1) is 0 Å². The third-order valence-corrected chi connectivity index (χ3v) is 12.7. The number of benzene rings is 2. The molecule has 2 aliphatic rings. The smallest absolute Gasteiger partial charge is 0.258 e. The molecule has 0 atom stereocenters. The summed E-state index contributed by atoms with van der Waals surface area (Å²) in [5.41, 5.74) is 0.696. The molecule has 318 valence electrons. The number of rotatable bonds is 10. The molecular weight excluding hydrogens is 889 g/mol. The van der Waals surface area contributed by atoms with Crippen LogP contribution in [0.3, 0.4) is 0 Å². The van der Waals surface area contributed by atoms with Gasteiger partial charge in [0.05, 0.1) is 14.3 Å². The molecule has 6 heterocycles. The number of anilines is 2. The summed E-state index contributed by atoms with van der Waals surface area (Å²) in [6.45, 7) is 3.13. The van der Waals surface area contributed by atoms with Crippen molar-refractivity contribution in [3.63, 3.8) is 0 Å². The van der Waals surface area contributed by atoms with Gasteiger partial charge in [0.15, 0.2) is 19.7 Å². The van der Waals surface area contributed by atoms with E-state index in [1.807, 2.05) is 0 Å². The van der Waals surface area contributed by atoms with Crippen molar-refractivity contribution >= 4 is 47.5 Å². The van der Waals surface area contributed by atoms with Gasteiger partial charge in [-0.25, -0.2) is 36.8 Å². The van der Waals surface area contributed by atoms with Crippen LogP contribution in [0.4, 0.5) is 11.9 Å². The van der Waals surface area contributed by atoms with Gasteiger partial charge in [-0.1, -0.05) is 0 Å². The standard InChI is InChI=1S/C21H21BrN4O4S.C21H22N4O4S/c1-31(28,29)19-4-2-16(3-5-19)26-11-8-18(12-20(26)27)30-17-6-9-25(10-7-17)21-23-13-15(22)14-24-21;1-30(27,28)19-5-3-16(4-6-19)25-14-9-18(15-20(25)26)29-17-7-12-24(13-8-17)21-22-10-2-11-23-21/h2-5,8,11-14,17H,6-7,9-10H2,1H3;2-6,9-11,14-15,17H,7-8,12-13H2,1H3. The van der Waals surface area contributed by atoms with Crippen molar-refractivity contribution in [3.8, 4) is 22.9 Å². The van der Waals surface area contributed by atoms with Crippen molar-refractivity contribution in [1.82, 2.24) is 29.1 Å². The van der Waals surface area contributed by atoms with E-state index in [0.717, 1.165) is 74.8 Å². The summed E-state index contributed by atoms with van der Waals surface area (Å²) in [7, 11) is -6.55. The van der Waals surface area contributed by atoms with Gasteiger partial charge >= 0.3 is 0 Å². The van der Waals surface area contributed by atoms with Gasteiger partial charge in [-0.15, -0.1) is 0 Å². The summed E-state index contributed by atoms with van der Waals surface area (Å²) >= 11 is 3.34. The molecule has 19 heteroatoms. The minimum atomic E-state index is -3.28. The van der Waals surface area contributed by atoms with Crippen LogP contribution in [-0.2, 0) is 19.7 Å². The third-order valence-electron chi connectivity index (χ3n) is 10.1. The number of halogens is 1. The van der Waals surface area contributed by atoms with Gasteiger partial charge in [-0.3, -0.25) is 18.7 Å². The summed E-state index contributed by atoms with van der Waals surface area (Å²) in [5, 5.41) is 0. The van der Waals surface area contributed by atoms with E-state index in [2.05, 4.69) is 45.7 Å². The van der Waals surface area contributed by atoms with E-state index >= 15 is 0 Å². The SMILES string of the molecule is CS(=O)(=O)c1ccc(-n2ccc(OC3CCN(c4ncc(Br)cn4)CC3)cc2=O)cc1.CS(=O)(=O)c1ccc(-n2ccc(OC3CCN(c4ncccn4)CC3)cc2=O)cc1. The van der Waals surface area contributed by atoms with Crippen molar-refractivity contribution in [2.75, 3.05) is 48.5 Å². The first kappa shape index (κ1) is 43.2. The van der Waals surface area contributed by atoms with E-state index in [9.17, 15) is 26.4 Å². The quantitative estimate of drug-likeness (QED) is 0.180. The Balaban J connectivity index is 0.000000184. The lowest BCUT2D eigenvalue weighted by Crippen LogP contribution is -2.39. The van der Waals surface area contributed by atoms with Crippen LogP contribution >= 0.6 is 15.9 Å². The zero-order chi connectivity index (χ0) is 43.1. The summed E-state index contributed by atoms with van der Waals surface area (Å²) in [5.74, 6) is 2.47. The minimum Gasteiger partial charge on any atom is -0.490 e. The Morgan fingerprint density at radius 3 is 1.31 bits per heavy atom. The lowest BCUT2D eigenvalue weighted by Gasteiger charge is -2.32. The number of hydrogen-bond acceptors (Lipinski definition) is 14. The lowest BCUT2D eigenvalue weighted by atomic mass is 10.1. The van der Waals surface area contributed by atoms with Crippen molar-refractivity contribution in [1.29, 1.82) is 0 Å². The minimum absolute atomic E-state index is 0.0102. The maximum atomic E-state index is 12.6. The molecule has 0 aliphatic carbocycles. The van der Waals surface area contributed by atoms with Crippen LogP contribution in [0.25, 0.3) is 11.4 Å². The van der Waals surface area contributed by atoms with Gasteiger partial charge < -0.3 is 19.3 Å². The average Bonchev–Trinajstić information content (AvgIpc) is 3.25. The monoisotopic (exact) mass is 930 g/mol. The number of aromatic nitrogens is 6. The number of piperidine rings is 2. The van der Waals surface area contributed by atoms with Crippen molar-refractivity contribution in [3.05, 3.63) is 141 Å². The number of sulfone groups is 2. The molecule has 4 aromatic heterocycles. The molecular formula is C42H43BrN8O8S2. The Kier molecular flexibility index (Phi) is 13.3. The van der Waals surface area contributed by atoms with E-state index in [-0.39, 0.29) is 33.1 Å². The first-order valence-electron chi connectivity index (χ1n) is 19.3. The summed E-state index contributed by atoms with van der Waals surface area (Å²) < 4.78 is 62.2. The van der Waals surface area contributed by atoms with E-state index in [1.54, 1.807) is 79.6 Å². The summed E-state index contributed by atoms with van der Waals surface area (Å²) in [6, 6.07) is 20.6. The fourth-order valence-corrected chi connectivity index (χ4v) is 8.32. The summed E-state index contributed by atoms with van der Waals surface area (Å²) in [6.07, 6.45) is 15.8. The van der Waals surface area contributed by atoms with Gasteiger partial charge in [0, 0.05) is 125 Å². The van der Waals surface area contributed by atoms with Gasteiger partial charge in [-0.05, 0) is 82.7 Å². The second-order valence-corrected chi connectivity index (χ2v) is 19.5. The highest BCUT2D eigenvalue weighted by molar-refractivity contribution is 9.10. The number of pyridine rings is 2. The Bertz CT molecular complexity index is 2780. The predicted octanol–water partition coefficient (Wildman–Crippen LogP) is 4.92. The molecule has 61 heavy (non-hydrogen) atoms. The average molecular weight is 932 g/mol. The first-order chi connectivity index (χ1) is 29.2. The molecule has 2 fully saturated rings. The van der Waals surface area contributed by atoms with Gasteiger partial charge in [-0.2, -0.15) is 0 Å². The molecule has 0 spiro atoms. The second kappa shape index (κ2) is 18.8. The second-order valence-electron chi connectivity index (χ2n) is 14.5. The van der Waals surface area contributed by atoms with Crippen LogP contribution in [0.15, 0.2) is 140 Å². The highest BCUT2D eigenvalue weighted by Gasteiger charge is 2.24. The fraction of sp³-hybridized carbons (Fsp3) is 0.286. The fourth-order valence-electron chi connectivity index (χ4n) is 6.86. The Morgan fingerprint density at radius 2 is 0.951 bits per heavy atom. The Morgan fingerprint density at radius 1 is 0.574 bits per heavy atom. The van der Waals surface area contributed by atoms with Crippen LogP contribution in [0.1, 0.15) is 25.7 Å². The molecule has 2 aromatic carbocycles. The molecule has 2 aliphatic heterocycles. The third kappa shape index (κ3) is 11.3. The Labute approximate surface area is 361 Å². The van der Waals surface area contributed by atoms with E-state index < -0.39 is 19.7 Å². The van der Waals surface area contributed by atoms with Gasteiger partial charge in [0.25, 0.3) is 11.1 Å². The molecule has 8 rings (SSSR count). The molecule has 16 nitrogen and oxygen atoms in total. The van der Waals surface area contributed by atoms with Crippen molar-refractivity contribution in [2.24, 2.45) is 0 Å². The summed E-state index contributed by atoms with van der Waals surface area (Å²) in [4.78, 5) is 47.0. The number of hydrogen-bond donors (Lipinski definition) is 0. The maximum Gasteiger partial charge on any atom is 0.258 e. The highest BCUT2D eigenvalue weighted by Crippen LogP contribution is 2.23. The first-order valence-corrected chi connectivity index (χ1v) is 23.9. The van der Waals surface area contributed by atoms with E-state index in [0.29, 0.717) is 28.8 Å². The largest absolute Gasteiger partial charge is 0.490 e.